The quantitative estimate of drug-likeness (QED) is 0.658. The van der Waals surface area contributed by atoms with E-state index in [1.165, 1.54) is 41.0 Å². The predicted octanol–water partition coefficient (Wildman–Crippen LogP) is 1.10. The first kappa shape index (κ1) is 21.3. The molecule has 0 unspecified atom stereocenters. The summed E-state index contributed by atoms with van der Waals surface area (Å²) in [5.74, 6) is 0.531. The van der Waals surface area contributed by atoms with E-state index in [-0.39, 0.29) is 35.5 Å². The van der Waals surface area contributed by atoms with Crippen molar-refractivity contribution >= 4 is 25.9 Å². The van der Waals surface area contributed by atoms with E-state index in [2.05, 4.69) is 4.72 Å². The Morgan fingerprint density at radius 2 is 1.86 bits per heavy atom. The third-order valence-corrected chi connectivity index (χ3v) is 8.76. The normalized spacial score (nSPS) is 20.1. The molecular formula is C17H27N3O6S2. The lowest BCUT2D eigenvalue weighted by molar-refractivity contribution is 0.0729. The minimum Gasteiger partial charge on any atom is -0.495 e. The van der Waals surface area contributed by atoms with Crippen LogP contribution in [0.5, 0.6) is 5.75 Å². The third-order valence-electron chi connectivity index (χ3n) is 5.26. The average molecular weight is 434 g/mol. The molecule has 2 aliphatic rings. The van der Waals surface area contributed by atoms with Gasteiger partial charge in [0.05, 0.1) is 26.0 Å². The Morgan fingerprint density at radius 3 is 2.43 bits per heavy atom. The second-order valence-electron chi connectivity index (χ2n) is 7.08. The van der Waals surface area contributed by atoms with Crippen LogP contribution in [0.15, 0.2) is 23.1 Å². The van der Waals surface area contributed by atoms with Gasteiger partial charge in [-0.05, 0) is 43.9 Å². The van der Waals surface area contributed by atoms with E-state index in [1.54, 1.807) is 0 Å². The van der Waals surface area contributed by atoms with Gasteiger partial charge in [0.2, 0.25) is 10.0 Å². The number of hydrogen-bond acceptors (Lipinski definition) is 6. The predicted molar refractivity (Wildman–Crippen MR) is 105 cm³/mol. The summed E-state index contributed by atoms with van der Waals surface area (Å²) >= 11 is 0. The second kappa shape index (κ2) is 8.15. The van der Waals surface area contributed by atoms with Crippen LogP contribution in [0, 0.1) is 5.92 Å². The van der Waals surface area contributed by atoms with Gasteiger partial charge in [0, 0.05) is 26.2 Å². The summed E-state index contributed by atoms with van der Waals surface area (Å²) in [7, 11) is -4.75. The highest BCUT2D eigenvalue weighted by molar-refractivity contribution is 7.90. The highest BCUT2D eigenvalue weighted by Gasteiger charge is 2.36. The van der Waals surface area contributed by atoms with Gasteiger partial charge >= 0.3 is 10.2 Å². The topological polar surface area (TPSA) is 105 Å². The molecule has 1 heterocycles. The van der Waals surface area contributed by atoms with Crippen LogP contribution in [-0.4, -0.2) is 71.9 Å². The lowest BCUT2D eigenvalue weighted by atomic mass is 10.2. The van der Waals surface area contributed by atoms with Crippen LogP contribution in [0.3, 0.4) is 0 Å². The van der Waals surface area contributed by atoms with Crippen LogP contribution in [-0.2, 0) is 25.0 Å². The Bertz CT molecular complexity index is 909. The van der Waals surface area contributed by atoms with Crippen LogP contribution < -0.4 is 9.46 Å². The van der Waals surface area contributed by atoms with Crippen molar-refractivity contribution < 1.29 is 26.3 Å². The third kappa shape index (κ3) is 4.43. The second-order valence-corrected chi connectivity index (χ2v) is 10.7. The molecule has 2 fully saturated rings. The zero-order chi connectivity index (χ0) is 20.5. The summed E-state index contributed by atoms with van der Waals surface area (Å²) in [6.07, 6.45) is 2.04. The highest BCUT2D eigenvalue weighted by Crippen LogP contribution is 2.36. The number of rotatable bonds is 8. The summed E-state index contributed by atoms with van der Waals surface area (Å²) in [5, 5.41) is 0. The van der Waals surface area contributed by atoms with Crippen LogP contribution in [0.4, 0.5) is 5.69 Å². The fraction of sp³-hybridized carbons (Fsp3) is 0.647. The maximum atomic E-state index is 13.0. The Morgan fingerprint density at radius 1 is 1.21 bits per heavy atom. The van der Waals surface area contributed by atoms with Crippen LogP contribution in [0.2, 0.25) is 0 Å². The summed E-state index contributed by atoms with van der Waals surface area (Å²) < 4.78 is 67.0. The summed E-state index contributed by atoms with van der Waals surface area (Å²) in [6.45, 7) is 2.99. The molecule has 11 heteroatoms. The number of hydrogen-bond donors (Lipinski definition) is 1. The molecule has 158 valence electrons. The zero-order valence-electron chi connectivity index (χ0n) is 16.3. The van der Waals surface area contributed by atoms with Crippen LogP contribution >= 0.6 is 0 Å². The van der Waals surface area contributed by atoms with Gasteiger partial charge in [-0.3, -0.25) is 4.72 Å². The molecule has 28 heavy (non-hydrogen) atoms. The molecule has 1 saturated carbocycles. The fourth-order valence-electron chi connectivity index (χ4n) is 3.18. The number of benzene rings is 1. The minimum absolute atomic E-state index is 0.0741. The van der Waals surface area contributed by atoms with E-state index in [0.717, 1.165) is 12.8 Å². The average Bonchev–Trinajstić information content (AvgIpc) is 3.52. The van der Waals surface area contributed by atoms with E-state index in [0.29, 0.717) is 19.1 Å². The smallest absolute Gasteiger partial charge is 0.301 e. The fourth-order valence-corrected chi connectivity index (χ4v) is 5.95. The first-order chi connectivity index (χ1) is 13.2. The number of morpholine rings is 1. The molecule has 0 spiro atoms. The van der Waals surface area contributed by atoms with E-state index in [4.69, 9.17) is 9.47 Å². The van der Waals surface area contributed by atoms with Crippen molar-refractivity contribution in [3.8, 4) is 5.75 Å². The van der Waals surface area contributed by atoms with Gasteiger partial charge in [0.25, 0.3) is 0 Å². The first-order valence-electron chi connectivity index (χ1n) is 9.18. The van der Waals surface area contributed by atoms with Gasteiger partial charge in [0.15, 0.2) is 0 Å². The maximum Gasteiger partial charge on any atom is 0.301 e. The van der Waals surface area contributed by atoms with Crippen molar-refractivity contribution in [3.05, 3.63) is 18.2 Å². The van der Waals surface area contributed by atoms with E-state index >= 15 is 0 Å². The molecule has 1 N–H and O–H groups in total. The highest BCUT2D eigenvalue weighted by atomic mass is 32.2. The first-order valence-corrected chi connectivity index (χ1v) is 12.1. The number of sulfonamides is 1. The number of nitrogens with zero attached hydrogens (tertiary/aromatic N) is 2. The standard InChI is InChI=1S/C17H27N3O6S2/c1-13(14-4-5-14)19(2)28(23,24)18-15-6-7-16(25-3)17(12-15)27(21,22)20-8-10-26-11-9-20/h6-7,12-14,18H,4-5,8-11H2,1-3H3/t13-/m0/s1. The molecule has 1 saturated heterocycles. The lowest BCUT2D eigenvalue weighted by Gasteiger charge is -2.27. The van der Waals surface area contributed by atoms with Crippen LogP contribution in [0.1, 0.15) is 19.8 Å². The Labute approximate surface area is 166 Å². The molecule has 1 aromatic rings. The molecule has 1 aromatic carbocycles. The van der Waals surface area contributed by atoms with Crippen molar-refractivity contribution in [1.29, 1.82) is 0 Å². The Balaban J connectivity index is 1.88. The molecule has 0 bridgehead atoms. The van der Waals surface area contributed by atoms with Crippen LogP contribution in [0.25, 0.3) is 0 Å². The van der Waals surface area contributed by atoms with E-state index in [1.807, 2.05) is 6.92 Å². The summed E-state index contributed by atoms with van der Waals surface area (Å²) in [5.41, 5.74) is 0.169. The van der Waals surface area contributed by atoms with E-state index in [9.17, 15) is 16.8 Å². The molecule has 0 amide bonds. The minimum atomic E-state index is -3.84. The molecule has 1 aliphatic heterocycles. The number of methoxy groups -OCH3 is 1. The summed E-state index contributed by atoms with van der Waals surface area (Å²) in [4.78, 5) is -0.0741. The number of anilines is 1. The monoisotopic (exact) mass is 433 g/mol. The Kier molecular flexibility index (Phi) is 6.20. The largest absolute Gasteiger partial charge is 0.495 e. The van der Waals surface area contributed by atoms with Gasteiger partial charge in [-0.1, -0.05) is 0 Å². The van der Waals surface area contributed by atoms with Gasteiger partial charge in [-0.15, -0.1) is 0 Å². The van der Waals surface area contributed by atoms with Gasteiger partial charge in [-0.25, -0.2) is 8.42 Å². The summed E-state index contributed by atoms with van der Waals surface area (Å²) in [6, 6.07) is 4.13. The van der Waals surface area contributed by atoms with Crippen molar-refractivity contribution in [2.45, 2.75) is 30.7 Å². The molecular weight excluding hydrogens is 406 g/mol. The van der Waals surface area contributed by atoms with Crippen molar-refractivity contribution in [2.75, 3.05) is 45.2 Å². The maximum absolute atomic E-state index is 13.0. The zero-order valence-corrected chi connectivity index (χ0v) is 17.9. The Hall–Kier alpha value is -1.40. The SMILES string of the molecule is COc1ccc(NS(=O)(=O)N(C)[C@@H](C)C2CC2)cc1S(=O)(=O)N1CCOCC1. The van der Waals surface area contributed by atoms with E-state index < -0.39 is 20.2 Å². The van der Waals surface area contributed by atoms with Gasteiger partial charge < -0.3 is 9.47 Å². The molecule has 1 atom stereocenters. The molecule has 0 aromatic heterocycles. The van der Waals surface area contributed by atoms with Crippen molar-refractivity contribution in [3.63, 3.8) is 0 Å². The van der Waals surface area contributed by atoms with Gasteiger partial charge in [0.1, 0.15) is 10.6 Å². The number of ether oxygens (including phenoxy) is 2. The molecule has 1 aliphatic carbocycles. The molecule has 3 rings (SSSR count). The van der Waals surface area contributed by atoms with Gasteiger partial charge in [-0.2, -0.15) is 17.0 Å². The number of nitrogens with one attached hydrogen (secondary N) is 1. The lowest BCUT2D eigenvalue weighted by Crippen LogP contribution is -2.41. The van der Waals surface area contributed by atoms with Crippen molar-refractivity contribution in [2.24, 2.45) is 5.92 Å². The molecule has 9 nitrogen and oxygen atoms in total. The van der Waals surface area contributed by atoms with Crippen molar-refractivity contribution in [1.82, 2.24) is 8.61 Å². The molecule has 0 radical (unpaired) electrons.